The molecule has 15 heavy (non-hydrogen) atoms. The zero-order chi connectivity index (χ0) is 11.4. The fourth-order valence-electron chi connectivity index (χ4n) is 1.79. The Morgan fingerprint density at radius 2 is 2.27 bits per heavy atom. The van der Waals surface area contributed by atoms with Gasteiger partial charge in [-0.2, -0.15) is 0 Å². The molecule has 1 heterocycles. The lowest BCUT2D eigenvalue weighted by atomic mass is 9.89. The third-order valence-electron chi connectivity index (χ3n) is 2.50. The second kappa shape index (κ2) is 4.96. The third-order valence-corrected chi connectivity index (χ3v) is 2.50. The van der Waals surface area contributed by atoms with Crippen LogP contribution in [0.2, 0.25) is 0 Å². The summed E-state index contributed by atoms with van der Waals surface area (Å²) in [6.45, 7) is 3.74. The Morgan fingerprint density at radius 3 is 2.80 bits per heavy atom. The summed E-state index contributed by atoms with van der Waals surface area (Å²) in [5.74, 6) is -1.14. The molecule has 0 aromatic rings. The van der Waals surface area contributed by atoms with Gasteiger partial charge in [-0.25, -0.2) is 4.79 Å². The Hall–Kier alpha value is -1.32. The summed E-state index contributed by atoms with van der Waals surface area (Å²) in [4.78, 5) is 22.7. The molecule has 0 aromatic carbocycles. The van der Waals surface area contributed by atoms with Gasteiger partial charge in [-0.1, -0.05) is 13.3 Å². The highest BCUT2D eigenvalue weighted by molar-refractivity contribution is 5.88. The first-order valence-electron chi connectivity index (χ1n) is 5.06. The molecular formula is C11H16O4. The van der Waals surface area contributed by atoms with Crippen LogP contribution in [0.4, 0.5) is 0 Å². The predicted octanol–water partition coefficient (Wildman–Crippen LogP) is 1.45. The minimum absolute atomic E-state index is 0.338. The summed E-state index contributed by atoms with van der Waals surface area (Å²) < 4.78 is 9.82. The molecule has 0 spiro atoms. The van der Waals surface area contributed by atoms with E-state index < -0.39 is 5.92 Å². The summed E-state index contributed by atoms with van der Waals surface area (Å²) in [6.07, 6.45) is 2.52. The van der Waals surface area contributed by atoms with Crippen LogP contribution in [0.5, 0.6) is 0 Å². The van der Waals surface area contributed by atoms with Crippen molar-refractivity contribution in [3.8, 4) is 0 Å². The van der Waals surface area contributed by atoms with Crippen molar-refractivity contribution < 1.29 is 19.1 Å². The largest absolute Gasteiger partial charge is 0.468 e. The maximum atomic E-state index is 11.5. The third kappa shape index (κ3) is 2.58. The highest BCUT2D eigenvalue weighted by atomic mass is 16.6. The van der Waals surface area contributed by atoms with Gasteiger partial charge in [0, 0.05) is 6.08 Å². The summed E-state index contributed by atoms with van der Waals surface area (Å²) in [5.41, 5.74) is 0.719. The van der Waals surface area contributed by atoms with E-state index in [1.807, 2.05) is 6.92 Å². The fourth-order valence-corrected chi connectivity index (χ4v) is 1.79. The zero-order valence-corrected chi connectivity index (χ0v) is 9.28. The highest BCUT2D eigenvalue weighted by Crippen LogP contribution is 2.27. The van der Waals surface area contributed by atoms with Crippen LogP contribution in [0.25, 0.3) is 0 Å². The first kappa shape index (κ1) is 11.8. The SMILES string of the molecule is CCC[C@H]1OC(=O)C=C(C)[C@H]1C(=O)OC. The average Bonchev–Trinajstić information content (AvgIpc) is 2.16. The molecule has 0 saturated carbocycles. The van der Waals surface area contributed by atoms with Crippen molar-refractivity contribution in [2.24, 2.45) is 5.92 Å². The number of carbonyl (C=O) groups is 2. The van der Waals surface area contributed by atoms with Crippen LogP contribution in [0.1, 0.15) is 26.7 Å². The number of ether oxygens (including phenoxy) is 2. The minimum atomic E-state index is -0.437. The zero-order valence-electron chi connectivity index (χ0n) is 9.28. The van der Waals surface area contributed by atoms with E-state index >= 15 is 0 Å². The van der Waals surface area contributed by atoms with Crippen molar-refractivity contribution >= 4 is 11.9 Å². The molecule has 0 aliphatic carbocycles. The van der Waals surface area contributed by atoms with E-state index in [0.717, 1.165) is 12.0 Å². The van der Waals surface area contributed by atoms with E-state index in [4.69, 9.17) is 9.47 Å². The van der Waals surface area contributed by atoms with Crippen LogP contribution >= 0.6 is 0 Å². The Bertz CT molecular complexity index is 293. The summed E-state index contributed by atoms with van der Waals surface area (Å²) >= 11 is 0. The minimum Gasteiger partial charge on any atom is -0.468 e. The van der Waals surface area contributed by atoms with Crippen molar-refractivity contribution in [1.82, 2.24) is 0 Å². The van der Waals surface area contributed by atoms with Crippen molar-refractivity contribution in [1.29, 1.82) is 0 Å². The smallest absolute Gasteiger partial charge is 0.331 e. The Labute approximate surface area is 89.2 Å². The molecule has 4 nitrogen and oxygen atoms in total. The lowest BCUT2D eigenvalue weighted by Crippen LogP contribution is -2.37. The summed E-state index contributed by atoms with van der Waals surface area (Å²) in [5, 5.41) is 0. The fraction of sp³-hybridized carbons (Fsp3) is 0.636. The molecule has 84 valence electrons. The second-order valence-corrected chi connectivity index (χ2v) is 3.65. The number of carbonyl (C=O) groups excluding carboxylic acids is 2. The van der Waals surface area contributed by atoms with Crippen LogP contribution in [-0.4, -0.2) is 25.2 Å². The molecule has 0 bridgehead atoms. The predicted molar refractivity (Wildman–Crippen MR) is 54.1 cm³/mol. The molecule has 0 unspecified atom stereocenters. The first-order chi connectivity index (χ1) is 7.10. The molecule has 0 saturated heterocycles. The monoisotopic (exact) mass is 212 g/mol. The molecular weight excluding hydrogens is 196 g/mol. The van der Waals surface area contributed by atoms with Crippen LogP contribution in [0.15, 0.2) is 11.6 Å². The van der Waals surface area contributed by atoms with Gasteiger partial charge in [-0.3, -0.25) is 4.79 Å². The molecule has 2 atom stereocenters. The van der Waals surface area contributed by atoms with E-state index in [-0.39, 0.29) is 18.0 Å². The molecule has 4 heteroatoms. The van der Waals surface area contributed by atoms with E-state index in [1.54, 1.807) is 6.92 Å². The van der Waals surface area contributed by atoms with Crippen molar-refractivity contribution in [3.63, 3.8) is 0 Å². The van der Waals surface area contributed by atoms with E-state index in [2.05, 4.69) is 0 Å². The van der Waals surface area contributed by atoms with Crippen molar-refractivity contribution in [2.45, 2.75) is 32.8 Å². The van der Waals surface area contributed by atoms with Crippen LogP contribution in [-0.2, 0) is 19.1 Å². The molecule has 0 N–H and O–H groups in total. The molecule has 0 aromatic heterocycles. The number of esters is 2. The van der Waals surface area contributed by atoms with Gasteiger partial charge in [0.25, 0.3) is 0 Å². The van der Waals surface area contributed by atoms with Gasteiger partial charge in [0.05, 0.1) is 7.11 Å². The quantitative estimate of drug-likeness (QED) is 0.664. The lowest BCUT2D eigenvalue weighted by Gasteiger charge is -2.28. The van der Waals surface area contributed by atoms with Crippen molar-refractivity contribution in [3.05, 3.63) is 11.6 Å². The van der Waals surface area contributed by atoms with Crippen LogP contribution < -0.4 is 0 Å². The van der Waals surface area contributed by atoms with E-state index in [1.165, 1.54) is 13.2 Å². The molecule has 1 rings (SSSR count). The first-order valence-corrected chi connectivity index (χ1v) is 5.06. The Balaban J connectivity index is 2.90. The highest BCUT2D eigenvalue weighted by Gasteiger charge is 2.36. The number of hydrogen-bond acceptors (Lipinski definition) is 4. The van der Waals surface area contributed by atoms with Gasteiger partial charge in [-0.05, 0) is 18.9 Å². The van der Waals surface area contributed by atoms with Gasteiger partial charge >= 0.3 is 11.9 Å². The normalized spacial score (nSPS) is 25.5. The van der Waals surface area contributed by atoms with Crippen LogP contribution in [0.3, 0.4) is 0 Å². The Kier molecular flexibility index (Phi) is 3.88. The van der Waals surface area contributed by atoms with E-state index in [9.17, 15) is 9.59 Å². The molecule has 0 radical (unpaired) electrons. The molecule has 0 fully saturated rings. The average molecular weight is 212 g/mol. The standard InChI is InChI=1S/C11H16O4/c1-4-5-8-10(11(13)14-3)7(2)6-9(12)15-8/h6,8,10H,4-5H2,1-3H3/t8-,10-/m1/s1. The maximum absolute atomic E-state index is 11.5. The molecule has 1 aliphatic rings. The van der Waals surface area contributed by atoms with Gasteiger partial charge in [-0.15, -0.1) is 0 Å². The van der Waals surface area contributed by atoms with Gasteiger partial charge in [0.15, 0.2) is 0 Å². The molecule has 1 aliphatic heterocycles. The number of rotatable bonds is 3. The van der Waals surface area contributed by atoms with Crippen LogP contribution in [0, 0.1) is 5.92 Å². The maximum Gasteiger partial charge on any atom is 0.331 e. The number of cyclic esters (lactones) is 1. The summed E-state index contributed by atoms with van der Waals surface area (Å²) in [7, 11) is 1.34. The Morgan fingerprint density at radius 1 is 1.60 bits per heavy atom. The van der Waals surface area contributed by atoms with Gasteiger partial charge in [0.1, 0.15) is 12.0 Å². The van der Waals surface area contributed by atoms with Gasteiger partial charge < -0.3 is 9.47 Å². The van der Waals surface area contributed by atoms with E-state index in [0.29, 0.717) is 6.42 Å². The van der Waals surface area contributed by atoms with Crippen molar-refractivity contribution in [2.75, 3.05) is 7.11 Å². The summed E-state index contributed by atoms with van der Waals surface area (Å²) in [6, 6.07) is 0. The second-order valence-electron chi connectivity index (χ2n) is 3.65. The molecule has 0 amide bonds. The number of hydrogen-bond donors (Lipinski definition) is 0. The lowest BCUT2D eigenvalue weighted by molar-refractivity contribution is -0.157. The van der Waals surface area contributed by atoms with Gasteiger partial charge in [0.2, 0.25) is 0 Å². The topological polar surface area (TPSA) is 52.6 Å². The number of methoxy groups -OCH3 is 1.